The Morgan fingerprint density at radius 3 is 2.65 bits per heavy atom. The summed E-state index contributed by atoms with van der Waals surface area (Å²) in [6, 6.07) is 3.91. The van der Waals surface area contributed by atoms with Crippen molar-refractivity contribution in [1.82, 2.24) is 4.90 Å². The number of hydrogen-bond donors (Lipinski definition) is 1. The molecule has 1 aromatic rings. The first kappa shape index (κ1) is 17.1. The van der Waals surface area contributed by atoms with Gasteiger partial charge in [0, 0.05) is 18.8 Å². The number of carbonyl (C=O) groups is 2. The second kappa shape index (κ2) is 6.44. The van der Waals surface area contributed by atoms with Gasteiger partial charge in [0.15, 0.2) is 0 Å². The normalized spacial score (nSPS) is 14.0. The largest absolute Gasteiger partial charge is 0.444 e. The van der Waals surface area contributed by atoms with Crippen LogP contribution in [0.3, 0.4) is 0 Å². The highest BCUT2D eigenvalue weighted by Crippen LogP contribution is 2.28. The second-order valence-corrected chi connectivity index (χ2v) is 6.72. The van der Waals surface area contributed by atoms with Gasteiger partial charge in [-0.15, -0.1) is 0 Å². The van der Waals surface area contributed by atoms with Gasteiger partial charge in [-0.1, -0.05) is 12.6 Å². The standard InChI is InChI=1S/C18H24N2O3/c1-6-16(21)19-15-8-7-13-9-10-20(11-14(13)12(15)2)17(22)23-18(3,4)5/h6-8H,1,9-11H2,2-5H3,(H,19,21). The van der Waals surface area contributed by atoms with E-state index in [4.69, 9.17) is 4.74 Å². The molecule has 1 N–H and O–H groups in total. The average molecular weight is 316 g/mol. The third kappa shape index (κ3) is 4.12. The summed E-state index contributed by atoms with van der Waals surface area (Å²) in [5.41, 5.74) is 3.50. The van der Waals surface area contributed by atoms with E-state index in [0.717, 1.165) is 23.2 Å². The zero-order valence-corrected chi connectivity index (χ0v) is 14.2. The van der Waals surface area contributed by atoms with Crippen LogP contribution in [0.15, 0.2) is 24.8 Å². The summed E-state index contributed by atoms with van der Waals surface area (Å²) in [6.07, 6.45) is 1.72. The van der Waals surface area contributed by atoms with E-state index in [0.29, 0.717) is 13.1 Å². The van der Waals surface area contributed by atoms with Gasteiger partial charge in [-0.25, -0.2) is 4.79 Å². The van der Waals surface area contributed by atoms with Crippen LogP contribution in [-0.4, -0.2) is 29.0 Å². The Balaban J connectivity index is 2.21. The highest BCUT2D eigenvalue weighted by Gasteiger charge is 2.27. The van der Waals surface area contributed by atoms with Crippen LogP contribution in [0.4, 0.5) is 10.5 Å². The van der Waals surface area contributed by atoms with Crippen LogP contribution >= 0.6 is 0 Å². The molecular weight excluding hydrogens is 292 g/mol. The molecule has 0 radical (unpaired) electrons. The molecule has 0 saturated heterocycles. The van der Waals surface area contributed by atoms with E-state index in [1.54, 1.807) is 4.90 Å². The fourth-order valence-electron chi connectivity index (χ4n) is 2.59. The molecule has 124 valence electrons. The first-order valence-corrected chi connectivity index (χ1v) is 7.74. The predicted octanol–water partition coefficient (Wildman–Crippen LogP) is 3.41. The zero-order chi connectivity index (χ0) is 17.2. The van der Waals surface area contributed by atoms with Gasteiger partial charge in [-0.3, -0.25) is 4.79 Å². The number of nitrogens with one attached hydrogen (secondary N) is 1. The van der Waals surface area contributed by atoms with Crippen LogP contribution < -0.4 is 5.32 Å². The highest BCUT2D eigenvalue weighted by molar-refractivity contribution is 5.99. The summed E-state index contributed by atoms with van der Waals surface area (Å²) in [7, 11) is 0. The average Bonchev–Trinajstić information content (AvgIpc) is 2.48. The lowest BCUT2D eigenvalue weighted by Gasteiger charge is -2.32. The maximum atomic E-state index is 12.3. The molecule has 5 heteroatoms. The molecule has 2 rings (SSSR count). The Morgan fingerprint density at radius 2 is 2.04 bits per heavy atom. The van der Waals surface area contributed by atoms with Crippen molar-refractivity contribution in [2.45, 2.75) is 46.3 Å². The third-order valence-electron chi connectivity index (χ3n) is 3.79. The molecule has 0 saturated carbocycles. The van der Waals surface area contributed by atoms with E-state index in [9.17, 15) is 9.59 Å². The van der Waals surface area contributed by atoms with Crippen molar-refractivity contribution in [1.29, 1.82) is 0 Å². The summed E-state index contributed by atoms with van der Waals surface area (Å²) in [4.78, 5) is 25.5. The molecule has 23 heavy (non-hydrogen) atoms. The molecule has 5 nitrogen and oxygen atoms in total. The fraction of sp³-hybridized carbons (Fsp3) is 0.444. The van der Waals surface area contributed by atoms with Crippen LogP contribution in [0.5, 0.6) is 0 Å². The number of hydrogen-bond acceptors (Lipinski definition) is 3. The van der Waals surface area contributed by atoms with Crippen molar-refractivity contribution in [3.05, 3.63) is 41.5 Å². The highest BCUT2D eigenvalue weighted by atomic mass is 16.6. The molecular formula is C18H24N2O3. The monoisotopic (exact) mass is 316 g/mol. The lowest BCUT2D eigenvalue weighted by Crippen LogP contribution is -2.40. The molecule has 0 unspecified atom stereocenters. The SMILES string of the molecule is C=CC(=O)Nc1ccc2c(c1C)CN(C(=O)OC(C)(C)C)CC2. The number of amides is 2. The van der Waals surface area contributed by atoms with Crippen LogP contribution in [0.1, 0.15) is 37.5 Å². The van der Waals surface area contributed by atoms with E-state index in [2.05, 4.69) is 11.9 Å². The first-order chi connectivity index (χ1) is 10.7. The van der Waals surface area contributed by atoms with Gasteiger partial charge in [0.05, 0.1) is 0 Å². The number of rotatable bonds is 2. The van der Waals surface area contributed by atoms with Crippen molar-refractivity contribution >= 4 is 17.7 Å². The van der Waals surface area contributed by atoms with Crippen LogP contribution in [0.2, 0.25) is 0 Å². The Hall–Kier alpha value is -2.30. The van der Waals surface area contributed by atoms with Crippen LogP contribution in [0, 0.1) is 6.92 Å². The van der Waals surface area contributed by atoms with E-state index in [1.165, 1.54) is 11.6 Å². The van der Waals surface area contributed by atoms with E-state index >= 15 is 0 Å². The number of carbonyl (C=O) groups excluding carboxylic acids is 2. The molecule has 1 aromatic carbocycles. The van der Waals surface area contributed by atoms with Crippen LogP contribution in [0.25, 0.3) is 0 Å². The van der Waals surface area contributed by atoms with Crippen molar-refractivity contribution in [2.24, 2.45) is 0 Å². The van der Waals surface area contributed by atoms with E-state index in [1.807, 2.05) is 39.8 Å². The summed E-state index contributed by atoms with van der Waals surface area (Å²) >= 11 is 0. The first-order valence-electron chi connectivity index (χ1n) is 7.74. The minimum Gasteiger partial charge on any atom is -0.444 e. The van der Waals surface area contributed by atoms with Crippen LogP contribution in [-0.2, 0) is 22.5 Å². The topological polar surface area (TPSA) is 58.6 Å². The number of anilines is 1. The second-order valence-electron chi connectivity index (χ2n) is 6.72. The molecule has 0 atom stereocenters. The van der Waals surface area contributed by atoms with E-state index in [-0.39, 0.29) is 12.0 Å². The maximum absolute atomic E-state index is 12.3. The molecule has 2 amide bonds. The quantitative estimate of drug-likeness (QED) is 0.851. The van der Waals surface area contributed by atoms with Gasteiger partial charge in [-0.2, -0.15) is 0 Å². The van der Waals surface area contributed by atoms with Gasteiger partial charge in [0.2, 0.25) is 5.91 Å². The molecule has 0 bridgehead atoms. The Morgan fingerprint density at radius 1 is 1.35 bits per heavy atom. The smallest absolute Gasteiger partial charge is 0.410 e. The minimum absolute atomic E-state index is 0.243. The van der Waals surface area contributed by atoms with Gasteiger partial charge >= 0.3 is 6.09 Å². The number of nitrogens with zero attached hydrogens (tertiary/aromatic N) is 1. The Labute approximate surface area is 137 Å². The summed E-state index contributed by atoms with van der Waals surface area (Å²) in [5, 5.41) is 2.80. The molecule has 0 aromatic heterocycles. The maximum Gasteiger partial charge on any atom is 0.410 e. The summed E-state index contributed by atoms with van der Waals surface area (Å²) in [5.74, 6) is -0.243. The molecule has 0 fully saturated rings. The lowest BCUT2D eigenvalue weighted by molar-refractivity contribution is -0.111. The van der Waals surface area contributed by atoms with Crippen molar-refractivity contribution in [3.8, 4) is 0 Å². The van der Waals surface area contributed by atoms with E-state index < -0.39 is 5.60 Å². The molecule has 1 aliphatic heterocycles. The fourth-order valence-corrected chi connectivity index (χ4v) is 2.59. The van der Waals surface area contributed by atoms with Gasteiger partial charge in [0.1, 0.15) is 5.60 Å². The number of ether oxygens (including phenoxy) is 1. The number of benzene rings is 1. The van der Waals surface area contributed by atoms with Gasteiger partial charge in [-0.05, 0) is 62.9 Å². The molecule has 1 heterocycles. The molecule has 0 aliphatic carbocycles. The zero-order valence-electron chi connectivity index (χ0n) is 14.2. The predicted molar refractivity (Wildman–Crippen MR) is 90.4 cm³/mol. The van der Waals surface area contributed by atoms with Crippen molar-refractivity contribution in [2.75, 3.05) is 11.9 Å². The lowest BCUT2D eigenvalue weighted by atomic mass is 9.94. The Bertz CT molecular complexity index is 644. The molecule has 1 aliphatic rings. The van der Waals surface area contributed by atoms with Gasteiger partial charge < -0.3 is 15.0 Å². The third-order valence-corrected chi connectivity index (χ3v) is 3.79. The summed E-state index contributed by atoms with van der Waals surface area (Å²) < 4.78 is 5.45. The van der Waals surface area contributed by atoms with Crippen molar-refractivity contribution in [3.63, 3.8) is 0 Å². The summed E-state index contributed by atoms with van der Waals surface area (Å²) in [6.45, 7) is 12.1. The number of fused-ring (bicyclic) bond motifs is 1. The Kier molecular flexibility index (Phi) is 4.78. The van der Waals surface area contributed by atoms with Crippen molar-refractivity contribution < 1.29 is 14.3 Å². The van der Waals surface area contributed by atoms with Gasteiger partial charge in [0.25, 0.3) is 0 Å². The molecule has 0 spiro atoms. The minimum atomic E-state index is -0.508.